The zero-order chi connectivity index (χ0) is 21.3. The molecule has 3 N–H and O–H groups in total. The van der Waals surface area contributed by atoms with Crippen molar-refractivity contribution in [3.8, 4) is 11.3 Å². The number of aryl methyl sites for hydroxylation is 2. The summed E-state index contributed by atoms with van der Waals surface area (Å²) in [5.74, 6) is -0.385. The fourth-order valence-corrected chi connectivity index (χ4v) is 3.51. The van der Waals surface area contributed by atoms with Crippen LogP contribution in [0.15, 0.2) is 71.5 Å². The van der Waals surface area contributed by atoms with Crippen LogP contribution in [0, 0.1) is 19.7 Å². The molecule has 0 aliphatic carbocycles. The minimum atomic E-state index is -0.538. The standard InChI is InChI=1S/C24H20FN3O2/c1-14-11-15(2)13-18(12-14)26-24(30)28-22-21(16-7-9-17(25)10-8-16)27-20-6-4-3-5-19(20)23(22)29/h3-13H,1-2H3,(H,27,29)(H2,26,28,30). The van der Waals surface area contributed by atoms with Gasteiger partial charge in [-0.25, -0.2) is 9.18 Å². The molecule has 2 amide bonds. The first-order valence-corrected chi connectivity index (χ1v) is 9.48. The molecule has 0 fully saturated rings. The Labute approximate surface area is 172 Å². The summed E-state index contributed by atoms with van der Waals surface area (Å²) >= 11 is 0. The Morgan fingerprint density at radius 1 is 0.900 bits per heavy atom. The third-order valence-electron chi connectivity index (χ3n) is 4.76. The summed E-state index contributed by atoms with van der Waals surface area (Å²) in [5, 5.41) is 5.91. The summed E-state index contributed by atoms with van der Waals surface area (Å²) in [6.45, 7) is 3.88. The lowest BCUT2D eigenvalue weighted by molar-refractivity contribution is 0.262. The van der Waals surface area contributed by atoms with Crippen LogP contribution >= 0.6 is 0 Å². The van der Waals surface area contributed by atoms with Gasteiger partial charge in [0.25, 0.3) is 0 Å². The first-order chi connectivity index (χ1) is 14.4. The minimum absolute atomic E-state index is 0.0992. The van der Waals surface area contributed by atoms with Gasteiger partial charge < -0.3 is 15.6 Å². The molecule has 30 heavy (non-hydrogen) atoms. The van der Waals surface area contributed by atoms with Crippen molar-refractivity contribution < 1.29 is 9.18 Å². The molecule has 0 atom stereocenters. The maximum atomic E-state index is 13.4. The molecule has 0 saturated carbocycles. The Bertz CT molecular complexity index is 1290. The van der Waals surface area contributed by atoms with Crippen LogP contribution in [0.25, 0.3) is 22.2 Å². The average Bonchev–Trinajstić information content (AvgIpc) is 2.70. The van der Waals surface area contributed by atoms with Crippen molar-refractivity contribution in [1.29, 1.82) is 0 Å². The molecule has 0 spiro atoms. The molecular weight excluding hydrogens is 381 g/mol. The number of rotatable bonds is 3. The quantitative estimate of drug-likeness (QED) is 0.418. The fourth-order valence-electron chi connectivity index (χ4n) is 3.51. The number of carbonyl (C=O) groups is 1. The second kappa shape index (κ2) is 7.83. The monoisotopic (exact) mass is 401 g/mol. The number of H-pyrrole nitrogens is 1. The Kier molecular flexibility index (Phi) is 5.06. The van der Waals surface area contributed by atoms with Gasteiger partial charge in [-0.3, -0.25) is 4.79 Å². The number of hydrogen-bond acceptors (Lipinski definition) is 2. The third kappa shape index (κ3) is 3.93. The molecule has 6 heteroatoms. The number of carbonyl (C=O) groups excluding carboxylic acids is 1. The number of pyridine rings is 1. The lowest BCUT2D eigenvalue weighted by Gasteiger charge is -2.14. The van der Waals surface area contributed by atoms with E-state index in [1.165, 1.54) is 12.1 Å². The Morgan fingerprint density at radius 3 is 2.27 bits per heavy atom. The number of aromatic nitrogens is 1. The van der Waals surface area contributed by atoms with Gasteiger partial charge in [0.1, 0.15) is 11.5 Å². The van der Waals surface area contributed by atoms with Crippen LogP contribution in [0.4, 0.5) is 20.6 Å². The Balaban J connectivity index is 1.77. The predicted octanol–water partition coefficient (Wildman–Crippen LogP) is 5.60. The van der Waals surface area contributed by atoms with Crippen LogP contribution in [0.1, 0.15) is 11.1 Å². The highest BCUT2D eigenvalue weighted by molar-refractivity contribution is 6.03. The average molecular weight is 401 g/mol. The van der Waals surface area contributed by atoms with Gasteiger partial charge in [0.15, 0.2) is 0 Å². The van der Waals surface area contributed by atoms with E-state index in [4.69, 9.17) is 0 Å². The van der Waals surface area contributed by atoms with Crippen LogP contribution in [-0.2, 0) is 0 Å². The highest BCUT2D eigenvalue weighted by atomic mass is 19.1. The second-order valence-corrected chi connectivity index (χ2v) is 7.21. The zero-order valence-electron chi connectivity index (χ0n) is 16.5. The summed E-state index contributed by atoms with van der Waals surface area (Å²) in [6, 6.07) is 17.9. The molecule has 1 heterocycles. The van der Waals surface area contributed by atoms with Crippen molar-refractivity contribution in [2.45, 2.75) is 13.8 Å². The van der Waals surface area contributed by atoms with Gasteiger partial charge in [-0.15, -0.1) is 0 Å². The largest absolute Gasteiger partial charge is 0.353 e. The molecule has 0 saturated heterocycles. The van der Waals surface area contributed by atoms with Gasteiger partial charge in [0.2, 0.25) is 5.43 Å². The highest BCUT2D eigenvalue weighted by Crippen LogP contribution is 2.26. The SMILES string of the molecule is Cc1cc(C)cc(NC(=O)Nc2c(-c3ccc(F)cc3)[nH]c3ccccc3c2=O)c1. The van der Waals surface area contributed by atoms with Crippen molar-refractivity contribution in [2.24, 2.45) is 0 Å². The number of nitrogens with one attached hydrogen (secondary N) is 3. The van der Waals surface area contributed by atoms with E-state index in [9.17, 15) is 14.0 Å². The molecule has 0 aliphatic rings. The van der Waals surface area contributed by atoms with E-state index in [1.807, 2.05) is 38.1 Å². The molecular formula is C24H20FN3O2. The maximum absolute atomic E-state index is 13.4. The van der Waals surface area contributed by atoms with E-state index in [0.717, 1.165) is 11.1 Å². The normalized spacial score (nSPS) is 10.8. The molecule has 0 radical (unpaired) electrons. The summed E-state index contributed by atoms with van der Waals surface area (Å²) in [5.41, 5.74) is 4.06. The van der Waals surface area contributed by atoms with Crippen molar-refractivity contribution in [1.82, 2.24) is 4.98 Å². The van der Waals surface area contributed by atoms with Crippen molar-refractivity contribution >= 4 is 28.3 Å². The van der Waals surface area contributed by atoms with E-state index >= 15 is 0 Å². The molecule has 4 aromatic rings. The van der Waals surface area contributed by atoms with Crippen LogP contribution in [0.3, 0.4) is 0 Å². The topological polar surface area (TPSA) is 74.0 Å². The first-order valence-electron chi connectivity index (χ1n) is 9.48. The van der Waals surface area contributed by atoms with E-state index < -0.39 is 6.03 Å². The summed E-state index contributed by atoms with van der Waals surface area (Å²) in [6.07, 6.45) is 0. The maximum Gasteiger partial charge on any atom is 0.323 e. The fraction of sp³-hybridized carbons (Fsp3) is 0.0833. The molecule has 4 rings (SSSR count). The highest BCUT2D eigenvalue weighted by Gasteiger charge is 2.16. The molecule has 0 aliphatic heterocycles. The van der Waals surface area contributed by atoms with E-state index in [-0.39, 0.29) is 16.9 Å². The molecule has 0 unspecified atom stereocenters. The molecule has 150 valence electrons. The number of benzene rings is 3. The van der Waals surface area contributed by atoms with Crippen molar-refractivity contribution in [2.75, 3.05) is 10.6 Å². The van der Waals surface area contributed by atoms with Gasteiger partial charge in [-0.2, -0.15) is 0 Å². The summed E-state index contributed by atoms with van der Waals surface area (Å²) in [7, 11) is 0. The number of halogens is 1. The zero-order valence-corrected chi connectivity index (χ0v) is 16.5. The number of anilines is 2. The number of urea groups is 1. The van der Waals surface area contributed by atoms with Gasteiger partial charge in [0.05, 0.1) is 5.69 Å². The number of fused-ring (bicyclic) bond motifs is 1. The molecule has 1 aromatic heterocycles. The lowest BCUT2D eigenvalue weighted by atomic mass is 10.1. The van der Waals surface area contributed by atoms with Crippen LogP contribution in [-0.4, -0.2) is 11.0 Å². The van der Waals surface area contributed by atoms with E-state index in [2.05, 4.69) is 15.6 Å². The van der Waals surface area contributed by atoms with Crippen LogP contribution < -0.4 is 16.1 Å². The van der Waals surface area contributed by atoms with Crippen LogP contribution in [0.2, 0.25) is 0 Å². The number of aromatic amines is 1. The van der Waals surface area contributed by atoms with Gasteiger partial charge in [-0.1, -0.05) is 18.2 Å². The van der Waals surface area contributed by atoms with Crippen LogP contribution in [0.5, 0.6) is 0 Å². The molecule has 0 bridgehead atoms. The molecule has 3 aromatic carbocycles. The number of para-hydroxylation sites is 1. The second-order valence-electron chi connectivity index (χ2n) is 7.21. The van der Waals surface area contributed by atoms with Crippen molar-refractivity contribution in [3.63, 3.8) is 0 Å². The molecule has 5 nitrogen and oxygen atoms in total. The van der Waals surface area contributed by atoms with E-state index in [0.29, 0.717) is 27.8 Å². The first kappa shape index (κ1) is 19.4. The lowest BCUT2D eigenvalue weighted by Crippen LogP contribution is -2.24. The van der Waals surface area contributed by atoms with Gasteiger partial charge in [0, 0.05) is 22.2 Å². The van der Waals surface area contributed by atoms with Gasteiger partial charge >= 0.3 is 6.03 Å². The summed E-state index contributed by atoms with van der Waals surface area (Å²) < 4.78 is 13.4. The van der Waals surface area contributed by atoms with E-state index in [1.54, 1.807) is 30.3 Å². The smallest absolute Gasteiger partial charge is 0.323 e. The Hall–Kier alpha value is -3.93. The van der Waals surface area contributed by atoms with Gasteiger partial charge in [-0.05, 0) is 73.5 Å². The third-order valence-corrected chi connectivity index (χ3v) is 4.76. The van der Waals surface area contributed by atoms with Crippen molar-refractivity contribution in [3.05, 3.63) is 93.9 Å². The Morgan fingerprint density at radius 2 is 1.57 bits per heavy atom. The number of hydrogen-bond donors (Lipinski definition) is 3. The predicted molar refractivity (Wildman–Crippen MR) is 119 cm³/mol. The minimum Gasteiger partial charge on any atom is -0.353 e. The summed E-state index contributed by atoms with van der Waals surface area (Å²) in [4.78, 5) is 29.0. The number of amides is 2.